The Balaban J connectivity index is -0.000000191. The second kappa shape index (κ2) is 13.1. The van der Waals surface area contributed by atoms with E-state index in [4.69, 9.17) is 22.6 Å². The van der Waals surface area contributed by atoms with Gasteiger partial charge in [-0.1, -0.05) is 37.3 Å². The molecule has 0 bridgehead atoms. The summed E-state index contributed by atoms with van der Waals surface area (Å²) in [5, 5.41) is 7.57. The molecule has 5 N–H and O–H groups in total. The molecule has 0 radical (unpaired) electrons. The Labute approximate surface area is 102 Å². The summed E-state index contributed by atoms with van der Waals surface area (Å²) in [4.78, 5) is 0. The van der Waals surface area contributed by atoms with Crippen LogP contribution in [0.2, 0.25) is 0 Å². The summed E-state index contributed by atoms with van der Waals surface area (Å²) in [7, 11) is -4.67. The predicted octanol–water partition coefficient (Wildman–Crippen LogP) is 0.770. The zero-order valence-electron chi connectivity index (χ0n) is 9.87. The van der Waals surface area contributed by atoms with Gasteiger partial charge in [0.2, 0.25) is 0 Å². The Morgan fingerprint density at radius 1 is 1.06 bits per heavy atom. The smallest absolute Gasteiger partial charge is 0.394 e. The number of aliphatic hydroxyl groups excluding tert-OH is 1. The van der Waals surface area contributed by atoms with Gasteiger partial charge in [0.05, 0.1) is 0 Å². The lowest BCUT2D eigenvalue weighted by Crippen LogP contribution is -1.89. The molecule has 0 atom stereocenters. The zero-order chi connectivity index (χ0) is 13.0. The minimum absolute atomic E-state index is 0. The number of hydrogen-bond acceptors (Lipinski definition) is 3. The second-order valence-electron chi connectivity index (χ2n) is 2.60. The second-order valence-corrected chi connectivity index (χ2v) is 3.50. The lowest BCUT2D eigenvalue weighted by molar-refractivity contribution is 0.318. The molecule has 102 valence electrons. The van der Waals surface area contributed by atoms with Crippen LogP contribution in [0.15, 0.2) is 30.3 Å². The van der Waals surface area contributed by atoms with Crippen LogP contribution in [0.1, 0.15) is 19.4 Å². The molecular weight excluding hydrogens is 248 g/mol. The monoisotopic (exact) mass is 268 g/mol. The normalized spacial score (nSPS) is 8.76. The number of aryl methyl sites for hydroxylation is 1. The summed E-state index contributed by atoms with van der Waals surface area (Å²) < 4.78 is 31.6. The molecule has 0 aromatic heterocycles. The molecule has 0 spiro atoms. The SMILES string of the molecule is CCO.CCc1ccccc1.O.O=S(=O)(O)O. The zero-order valence-corrected chi connectivity index (χ0v) is 10.7. The van der Waals surface area contributed by atoms with Gasteiger partial charge in [0.1, 0.15) is 0 Å². The Morgan fingerprint density at radius 3 is 1.53 bits per heavy atom. The Kier molecular flexibility index (Phi) is 16.4. The molecule has 0 saturated carbocycles. The van der Waals surface area contributed by atoms with Gasteiger partial charge in [0.15, 0.2) is 0 Å². The Morgan fingerprint density at radius 2 is 1.35 bits per heavy atom. The van der Waals surface area contributed by atoms with Gasteiger partial charge in [-0.2, -0.15) is 8.42 Å². The lowest BCUT2D eigenvalue weighted by Gasteiger charge is -1.89. The van der Waals surface area contributed by atoms with Crippen LogP contribution in [0.4, 0.5) is 0 Å². The van der Waals surface area contributed by atoms with Crippen LogP contribution in [0.25, 0.3) is 0 Å². The molecule has 0 fully saturated rings. The predicted molar refractivity (Wildman–Crippen MR) is 66.4 cm³/mol. The van der Waals surface area contributed by atoms with E-state index in [0.29, 0.717) is 0 Å². The van der Waals surface area contributed by atoms with E-state index in [1.54, 1.807) is 6.92 Å². The van der Waals surface area contributed by atoms with Crippen molar-refractivity contribution in [3.63, 3.8) is 0 Å². The first-order valence-corrected chi connectivity index (χ1v) is 6.09. The first-order valence-electron chi connectivity index (χ1n) is 4.69. The molecule has 0 amide bonds. The summed E-state index contributed by atoms with van der Waals surface area (Å²) in [6.07, 6.45) is 1.14. The lowest BCUT2D eigenvalue weighted by atomic mass is 10.2. The number of aliphatic hydroxyl groups is 1. The standard InChI is InChI=1S/C8H10.C2H6O.H2O4S.H2O/c1-2-8-6-4-3-5-7-8;1-2-3;1-5(2,3)4;/h3-7H,2H2,1H3;3H,2H2,1H3;(H2,1,2,3,4);1H2. The van der Waals surface area contributed by atoms with Gasteiger partial charge < -0.3 is 10.6 Å². The molecule has 1 rings (SSSR count). The largest absolute Gasteiger partial charge is 0.412 e. The van der Waals surface area contributed by atoms with Gasteiger partial charge in [-0.15, -0.1) is 0 Å². The van der Waals surface area contributed by atoms with Crippen LogP contribution in [0, 0.1) is 0 Å². The molecule has 0 unspecified atom stereocenters. The maximum atomic E-state index is 8.74. The van der Waals surface area contributed by atoms with Crippen molar-refractivity contribution < 1.29 is 28.1 Å². The summed E-state index contributed by atoms with van der Waals surface area (Å²) in [5.74, 6) is 0. The fraction of sp³-hybridized carbons (Fsp3) is 0.400. The van der Waals surface area contributed by atoms with E-state index in [0.717, 1.165) is 6.42 Å². The van der Waals surface area contributed by atoms with E-state index in [1.807, 2.05) is 6.07 Å². The molecule has 1 aromatic rings. The highest BCUT2D eigenvalue weighted by Crippen LogP contribution is 1.96. The van der Waals surface area contributed by atoms with Crippen LogP contribution >= 0.6 is 0 Å². The molecule has 0 aliphatic carbocycles. The fourth-order valence-corrected chi connectivity index (χ4v) is 0.714. The number of benzene rings is 1. The molecular formula is C10H20O6S. The topological polar surface area (TPSA) is 126 Å². The van der Waals surface area contributed by atoms with E-state index < -0.39 is 10.4 Å². The number of rotatable bonds is 1. The maximum Gasteiger partial charge on any atom is 0.394 e. The summed E-state index contributed by atoms with van der Waals surface area (Å²) >= 11 is 0. The van der Waals surface area contributed by atoms with E-state index in [-0.39, 0.29) is 12.1 Å². The molecule has 17 heavy (non-hydrogen) atoms. The van der Waals surface area contributed by atoms with Crippen LogP contribution in [0.5, 0.6) is 0 Å². The van der Waals surface area contributed by atoms with Crippen LogP contribution < -0.4 is 0 Å². The van der Waals surface area contributed by atoms with E-state index >= 15 is 0 Å². The fourth-order valence-electron chi connectivity index (χ4n) is 0.714. The first kappa shape index (κ1) is 21.3. The van der Waals surface area contributed by atoms with Crippen molar-refractivity contribution in [1.82, 2.24) is 0 Å². The van der Waals surface area contributed by atoms with Crippen molar-refractivity contribution in [2.24, 2.45) is 0 Å². The minimum Gasteiger partial charge on any atom is -0.412 e. The highest BCUT2D eigenvalue weighted by atomic mass is 32.3. The van der Waals surface area contributed by atoms with Crippen molar-refractivity contribution in [2.75, 3.05) is 6.61 Å². The third-order valence-electron chi connectivity index (χ3n) is 1.25. The van der Waals surface area contributed by atoms with E-state index in [9.17, 15) is 0 Å². The number of hydrogen-bond donors (Lipinski definition) is 3. The highest BCUT2D eigenvalue weighted by molar-refractivity contribution is 7.79. The highest BCUT2D eigenvalue weighted by Gasteiger charge is 1.84. The van der Waals surface area contributed by atoms with Crippen LogP contribution in [-0.2, 0) is 16.8 Å². The van der Waals surface area contributed by atoms with Crippen LogP contribution in [0.3, 0.4) is 0 Å². The molecule has 7 heteroatoms. The van der Waals surface area contributed by atoms with Crippen molar-refractivity contribution in [2.45, 2.75) is 20.3 Å². The van der Waals surface area contributed by atoms with Gasteiger partial charge in [-0.25, -0.2) is 0 Å². The maximum absolute atomic E-state index is 8.74. The quantitative estimate of drug-likeness (QED) is 0.648. The van der Waals surface area contributed by atoms with Gasteiger partial charge >= 0.3 is 10.4 Å². The van der Waals surface area contributed by atoms with Gasteiger partial charge in [0, 0.05) is 6.61 Å². The third-order valence-corrected chi connectivity index (χ3v) is 1.25. The van der Waals surface area contributed by atoms with Gasteiger partial charge in [0.25, 0.3) is 0 Å². The Hall–Kier alpha value is -0.990. The van der Waals surface area contributed by atoms with Crippen molar-refractivity contribution in [1.29, 1.82) is 0 Å². The summed E-state index contributed by atoms with van der Waals surface area (Å²) in [6, 6.07) is 10.5. The van der Waals surface area contributed by atoms with E-state index in [1.165, 1.54) is 5.56 Å². The molecule has 0 aliphatic heterocycles. The minimum atomic E-state index is -4.67. The van der Waals surface area contributed by atoms with Crippen molar-refractivity contribution in [3.8, 4) is 0 Å². The molecule has 0 heterocycles. The summed E-state index contributed by atoms with van der Waals surface area (Å²) in [6.45, 7) is 4.09. The molecule has 6 nitrogen and oxygen atoms in total. The average Bonchev–Trinajstić information content (AvgIpc) is 2.18. The van der Waals surface area contributed by atoms with Crippen molar-refractivity contribution in [3.05, 3.63) is 35.9 Å². The van der Waals surface area contributed by atoms with E-state index in [2.05, 4.69) is 31.2 Å². The van der Waals surface area contributed by atoms with Crippen LogP contribution in [-0.4, -0.2) is 34.7 Å². The van der Waals surface area contributed by atoms with Gasteiger partial charge in [-0.05, 0) is 18.9 Å². The molecule has 1 aromatic carbocycles. The first-order chi connectivity index (χ1) is 7.35. The Bertz CT molecular complexity index is 327. The van der Waals surface area contributed by atoms with Gasteiger partial charge in [-0.3, -0.25) is 9.11 Å². The average molecular weight is 268 g/mol. The molecule has 0 saturated heterocycles. The molecule has 0 aliphatic rings. The third kappa shape index (κ3) is 31.3. The van der Waals surface area contributed by atoms with Crippen molar-refractivity contribution >= 4 is 10.4 Å². The summed E-state index contributed by atoms with van der Waals surface area (Å²) in [5.41, 5.74) is 1.41.